The molecule has 0 saturated carbocycles. The highest BCUT2D eigenvalue weighted by Gasteiger charge is 2.12. The molecule has 0 saturated heterocycles. The number of rotatable bonds is 5. The first-order valence-electron chi connectivity index (χ1n) is 6.63. The van der Waals surface area contributed by atoms with Crippen molar-refractivity contribution in [3.05, 3.63) is 47.7 Å². The first kappa shape index (κ1) is 13.6. The number of nitrogens with one attached hydrogen (secondary N) is 2. The number of hydrogen-bond donors (Lipinski definition) is 2. The molecule has 0 aliphatic heterocycles. The van der Waals surface area contributed by atoms with Gasteiger partial charge in [0.15, 0.2) is 0 Å². The second-order valence-corrected chi connectivity index (χ2v) is 5.66. The van der Waals surface area contributed by atoms with Gasteiger partial charge in [-0.3, -0.25) is 9.78 Å². The molecule has 0 fully saturated rings. The van der Waals surface area contributed by atoms with Gasteiger partial charge in [-0.15, -0.1) is 11.3 Å². The van der Waals surface area contributed by atoms with Gasteiger partial charge in [-0.1, -0.05) is 0 Å². The molecule has 6 heteroatoms. The van der Waals surface area contributed by atoms with Gasteiger partial charge in [0.1, 0.15) is 17.5 Å². The number of amides is 1. The number of carbonyl (C=O) groups excluding carboxylic acids is 1. The first-order valence-corrected chi connectivity index (χ1v) is 7.51. The normalized spacial score (nSPS) is 12.2. The second-order valence-electron chi connectivity index (χ2n) is 4.71. The van der Waals surface area contributed by atoms with Gasteiger partial charge in [0.05, 0.1) is 23.0 Å². The van der Waals surface area contributed by atoms with E-state index >= 15 is 0 Å². The third-order valence-corrected chi connectivity index (χ3v) is 3.87. The number of ether oxygens (including phenoxy) is 1. The molecule has 21 heavy (non-hydrogen) atoms. The molecule has 3 heterocycles. The van der Waals surface area contributed by atoms with E-state index in [1.165, 1.54) is 0 Å². The summed E-state index contributed by atoms with van der Waals surface area (Å²) in [4.78, 5) is 19.1. The van der Waals surface area contributed by atoms with E-state index in [1.54, 1.807) is 23.7 Å². The van der Waals surface area contributed by atoms with Crippen LogP contribution in [-0.2, 0) is 0 Å². The maximum absolute atomic E-state index is 12.1. The van der Waals surface area contributed by atoms with Gasteiger partial charge < -0.3 is 15.0 Å². The van der Waals surface area contributed by atoms with Crippen LogP contribution in [0.3, 0.4) is 0 Å². The highest BCUT2D eigenvalue weighted by atomic mass is 32.1. The zero-order chi connectivity index (χ0) is 14.7. The zero-order valence-corrected chi connectivity index (χ0v) is 12.3. The van der Waals surface area contributed by atoms with Crippen LogP contribution < -0.4 is 10.1 Å². The summed E-state index contributed by atoms with van der Waals surface area (Å²) in [6.07, 6.45) is 3.21. The molecular formula is C15H15N3O2S. The van der Waals surface area contributed by atoms with Gasteiger partial charge in [-0.25, -0.2) is 0 Å². The molecule has 3 aromatic rings. The van der Waals surface area contributed by atoms with Crippen LogP contribution in [0.15, 0.2) is 42.0 Å². The highest BCUT2D eigenvalue weighted by Crippen LogP contribution is 2.21. The van der Waals surface area contributed by atoms with Crippen LogP contribution in [0.1, 0.15) is 17.4 Å². The van der Waals surface area contributed by atoms with Gasteiger partial charge in [0.2, 0.25) is 0 Å². The Morgan fingerprint density at radius 3 is 3.19 bits per heavy atom. The van der Waals surface area contributed by atoms with E-state index in [0.717, 1.165) is 10.2 Å². The Labute approximate surface area is 126 Å². The van der Waals surface area contributed by atoms with Crippen molar-refractivity contribution in [1.82, 2.24) is 15.3 Å². The third-order valence-electron chi connectivity index (χ3n) is 3.01. The lowest BCUT2D eigenvalue weighted by Crippen LogP contribution is -2.33. The molecule has 3 aromatic heterocycles. The number of carbonyl (C=O) groups is 1. The number of aromatic nitrogens is 2. The van der Waals surface area contributed by atoms with Crippen LogP contribution >= 0.6 is 11.3 Å². The monoisotopic (exact) mass is 301 g/mol. The number of nitrogens with zero attached hydrogens (tertiary/aromatic N) is 1. The maximum Gasteiger partial charge on any atom is 0.267 e. The largest absolute Gasteiger partial charge is 0.487 e. The Morgan fingerprint density at radius 1 is 1.52 bits per heavy atom. The summed E-state index contributed by atoms with van der Waals surface area (Å²) < 4.78 is 6.74. The van der Waals surface area contributed by atoms with Crippen molar-refractivity contribution in [2.75, 3.05) is 6.54 Å². The van der Waals surface area contributed by atoms with Gasteiger partial charge in [-0.2, -0.15) is 0 Å². The predicted octanol–water partition coefficient (Wildman–Crippen LogP) is 2.82. The number of fused-ring (bicyclic) bond motifs is 1. The van der Waals surface area contributed by atoms with Crippen molar-refractivity contribution in [3.8, 4) is 5.75 Å². The number of thiophene rings is 1. The van der Waals surface area contributed by atoms with E-state index in [1.807, 2.05) is 36.6 Å². The van der Waals surface area contributed by atoms with E-state index in [2.05, 4.69) is 15.3 Å². The van der Waals surface area contributed by atoms with E-state index in [-0.39, 0.29) is 12.0 Å². The van der Waals surface area contributed by atoms with Crippen LogP contribution in [0.4, 0.5) is 0 Å². The Morgan fingerprint density at radius 2 is 2.43 bits per heavy atom. The first-order chi connectivity index (χ1) is 10.2. The summed E-state index contributed by atoms with van der Waals surface area (Å²) in [5, 5.41) is 4.85. The minimum Gasteiger partial charge on any atom is -0.487 e. The SMILES string of the molecule is CC(CNC(=O)c1cc2sccc2[nH]1)Oc1cccnc1. The van der Waals surface area contributed by atoms with E-state index in [4.69, 9.17) is 4.74 Å². The molecule has 0 aliphatic rings. The maximum atomic E-state index is 12.1. The van der Waals surface area contributed by atoms with Crippen molar-refractivity contribution < 1.29 is 9.53 Å². The van der Waals surface area contributed by atoms with E-state index in [0.29, 0.717) is 18.0 Å². The molecule has 0 aliphatic carbocycles. The van der Waals surface area contributed by atoms with E-state index in [9.17, 15) is 4.79 Å². The van der Waals surface area contributed by atoms with Crippen LogP contribution in [0.25, 0.3) is 10.2 Å². The van der Waals surface area contributed by atoms with Gasteiger partial charge in [0, 0.05) is 6.20 Å². The zero-order valence-electron chi connectivity index (χ0n) is 11.5. The lowest BCUT2D eigenvalue weighted by molar-refractivity contribution is 0.0928. The van der Waals surface area contributed by atoms with Crippen LogP contribution in [0.2, 0.25) is 0 Å². The van der Waals surface area contributed by atoms with Gasteiger partial charge in [0.25, 0.3) is 5.91 Å². The van der Waals surface area contributed by atoms with Gasteiger partial charge >= 0.3 is 0 Å². The minimum absolute atomic E-state index is 0.125. The average molecular weight is 301 g/mol. The molecule has 0 radical (unpaired) electrons. The van der Waals surface area contributed by atoms with Crippen molar-refractivity contribution in [3.63, 3.8) is 0 Å². The molecule has 0 bridgehead atoms. The highest BCUT2D eigenvalue weighted by molar-refractivity contribution is 7.17. The average Bonchev–Trinajstić information content (AvgIpc) is 3.07. The molecule has 0 spiro atoms. The summed E-state index contributed by atoms with van der Waals surface area (Å²) in [6.45, 7) is 2.33. The van der Waals surface area contributed by atoms with Crippen molar-refractivity contribution in [1.29, 1.82) is 0 Å². The molecule has 1 atom stereocenters. The number of pyridine rings is 1. The lowest BCUT2D eigenvalue weighted by Gasteiger charge is -2.14. The number of H-pyrrole nitrogens is 1. The topological polar surface area (TPSA) is 67.0 Å². The fraction of sp³-hybridized carbons (Fsp3) is 0.200. The predicted molar refractivity (Wildman–Crippen MR) is 82.8 cm³/mol. The van der Waals surface area contributed by atoms with Crippen LogP contribution in [-0.4, -0.2) is 28.5 Å². The Balaban J connectivity index is 1.54. The Hall–Kier alpha value is -2.34. The molecule has 5 nitrogen and oxygen atoms in total. The fourth-order valence-corrected chi connectivity index (χ4v) is 2.78. The summed E-state index contributed by atoms with van der Waals surface area (Å²) in [5.74, 6) is 0.569. The summed E-state index contributed by atoms with van der Waals surface area (Å²) in [7, 11) is 0. The molecule has 3 rings (SSSR count). The van der Waals surface area contributed by atoms with Crippen molar-refractivity contribution in [2.45, 2.75) is 13.0 Å². The van der Waals surface area contributed by atoms with Gasteiger partial charge in [-0.05, 0) is 36.6 Å². The molecule has 108 valence electrons. The molecule has 1 amide bonds. The fourth-order valence-electron chi connectivity index (χ4n) is 1.99. The summed E-state index contributed by atoms with van der Waals surface area (Å²) in [6, 6.07) is 7.48. The number of hydrogen-bond acceptors (Lipinski definition) is 4. The standard InChI is InChI=1S/C15H15N3O2S/c1-10(20-11-3-2-5-16-9-11)8-17-15(19)13-7-14-12(18-13)4-6-21-14/h2-7,9-10,18H,8H2,1H3,(H,17,19). The minimum atomic E-state index is -0.130. The van der Waals surface area contributed by atoms with Crippen LogP contribution in [0.5, 0.6) is 5.75 Å². The molecule has 2 N–H and O–H groups in total. The molecule has 0 aromatic carbocycles. The summed E-state index contributed by atoms with van der Waals surface area (Å²) in [5.41, 5.74) is 1.57. The summed E-state index contributed by atoms with van der Waals surface area (Å²) >= 11 is 1.61. The second kappa shape index (κ2) is 5.97. The smallest absolute Gasteiger partial charge is 0.267 e. The number of aromatic amines is 1. The van der Waals surface area contributed by atoms with Crippen molar-refractivity contribution in [2.24, 2.45) is 0 Å². The van der Waals surface area contributed by atoms with Crippen LogP contribution in [0, 0.1) is 0 Å². The van der Waals surface area contributed by atoms with E-state index < -0.39 is 0 Å². The third kappa shape index (κ3) is 3.22. The van der Waals surface area contributed by atoms with Crippen molar-refractivity contribution >= 4 is 27.5 Å². The Bertz CT molecular complexity index is 707. The lowest BCUT2D eigenvalue weighted by atomic mass is 10.3. The quantitative estimate of drug-likeness (QED) is 0.761. The molecule has 1 unspecified atom stereocenters. The molecular weight excluding hydrogens is 286 g/mol. The Kier molecular flexibility index (Phi) is 3.87.